The predicted octanol–water partition coefficient (Wildman–Crippen LogP) is 2.42. The highest BCUT2D eigenvalue weighted by Crippen LogP contribution is 2.12. The molecule has 2 rings (SSSR count). The summed E-state index contributed by atoms with van der Waals surface area (Å²) in [4.78, 5) is 2.63. The van der Waals surface area contributed by atoms with Gasteiger partial charge in [-0.2, -0.15) is 0 Å². The predicted molar refractivity (Wildman–Crippen MR) is 86.8 cm³/mol. The summed E-state index contributed by atoms with van der Waals surface area (Å²) in [6.07, 6.45) is 1.24. The maximum atomic E-state index is 3.38. The fraction of sp³-hybridized carbons (Fsp3) is 0.625. The van der Waals surface area contributed by atoms with Gasteiger partial charge in [0.25, 0.3) is 0 Å². The van der Waals surface area contributed by atoms with E-state index < -0.39 is 8.07 Å². The van der Waals surface area contributed by atoms with Gasteiger partial charge in [0.2, 0.25) is 0 Å². The van der Waals surface area contributed by atoms with E-state index in [1.54, 1.807) is 5.19 Å². The number of rotatable bonds is 6. The summed E-state index contributed by atoms with van der Waals surface area (Å²) < 4.78 is 0. The first-order chi connectivity index (χ1) is 9.00. The van der Waals surface area contributed by atoms with Gasteiger partial charge in [-0.05, 0) is 18.5 Å². The second kappa shape index (κ2) is 6.20. The van der Waals surface area contributed by atoms with Gasteiger partial charge in [0.15, 0.2) is 0 Å². The van der Waals surface area contributed by atoms with Crippen LogP contribution in [0.25, 0.3) is 0 Å². The molecule has 0 radical (unpaired) electrons. The SMILES string of the molecule is CCCN(Cc1ccc([Si](C)(C)C)cc1)C1CNC1. The average molecular weight is 276 g/mol. The molecule has 1 fully saturated rings. The molecule has 3 heteroatoms. The van der Waals surface area contributed by atoms with Crippen molar-refractivity contribution in [2.45, 2.75) is 45.6 Å². The Bertz CT molecular complexity index is 390. The minimum Gasteiger partial charge on any atom is -0.314 e. The minimum atomic E-state index is -1.15. The van der Waals surface area contributed by atoms with Crippen LogP contribution in [0, 0.1) is 0 Å². The molecule has 106 valence electrons. The van der Waals surface area contributed by atoms with Crippen LogP contribution in [0.5, 0.6) is 0 Å². The van der Waals surface area contributed by atoms with Gasteiger partial charge in [0.1, 0.15) is 0 Å². The van der Waals surface area contributed by atoms with Crippen LogP contribution >= 0.6 is 0 Å². The van der Waals surface area contributed by atoms with Gasteiger partial charge >= 0.3 is 0 Å². The third kappa shape index (κ3) is 3.91. The van der Waals surface area contributed by atoms with Crippen molar-refractivity contribution >= 4 is 13.3 Å². The fourth-order valence-electron chi connectivity index (χ4n) is 2.55. The van der Waals surface area contributed by atoms with E-state index in [2.05, 4.69) is 61.0 Å². The second-order valence-electron chi connectivity index (χ2n) is 6.73. The zero-order valence-electron chi connectivity index (χ0n) is 12.9. The van der Waals surface area contributed by atoms with Crippen LogP contribution in [0.3, 0.4) is 0 Å². The Morgan fingerprint density at radius 3 is 2.21 bits per heavy atom. The summed E-state index contributed by atoms with van der Waals surface area (Å²) in [5, 5.41) is 4.94. The quantitative estimate of drug-likeness (QED) is 0.803. The molecule has 1 saturated heterocycles. The van der Waals surface area contributed by atoms with E-state index in [4.69, 9.17) is 0 Å². The van der Waals surface area contributed by atoms with Crippen molar-refractivity contribution in [3.05, 3.63) is 29.8 Å². The molecule has 19 heavy (non-hydrogen) atoms. The van der Waals surface area contributed by atoms with Crippen LogP contribution < -0.4 is 10.5 Å². The molecule has 0 unspecified atom stereocenters. The zero-order valence-corrected chi connectivity index (χ0v) is 13.9. The lowest BCUT2D eigenvalue weighted by atomic mass is 10.1. The number of nitrogens with zero attached hydrogens (tertiary/aromatic N) is 1. The van der Waals surface area contributed by atoms with Crippen LogP contribution in [-0.4, -0.2) is 38.6 Å². The Labute approximate surface area is 119 Å². The smallest absolute Gasteiger partial charge is 0.0775 e. The monoisotopic (exact) mass is 276 g/mol. The highest BCUT2D eigenvalue weighted by atomic mass is 28.3. The molecular weight excluding hydrogens is 248 g/mol. The van der Waals surface area contributed by atoms with E-state index in [1.165, 1.54) is 18.5 Å². The Morgan fingerprint density at radius 2 is 1.79 bits per heavy atom. The fourth-order valence-corrected chi connectivity index (χ4v) is 3.72. The first-order valence-electron chi connectivity index (χ1n) is 7.55. The zero-order chi connectivity index (χ0) is 13.9. The van der Waals surface area contributed by atoms with Crippen LogP contribution in [0.1, 0.15) is 18.9 Å². The van der Waals surface area contributed by atoms with Crippen LogP contribution in [0.2, 0.25) is 19.6 Å². The third-order valence-corrected chi connectivity index (χ3v) is 6.06. The molecule has 1 N–H and O–H groups in total. The van der Waals surface area contributed by atoms with E-state index in [9.17, 15) is 0 Å². The molecule has 1 aliphatic heterocycles. The lowest BCUT2D eigenvalue weighted by Gasteiger charge is -2.38. The van der Waals surface area contributed by atoms with Gasteiger partial charge in [0, 0.05) is 25.7 Å². The molecule has 0 atom stereocenters. The van der Waals surface area contributed by atoms with Crippen molar-refractivity contribution in [3.8, 4) is 0 Å². The number of hydrogen-bond donors (Lipinski definition) is 1. The van der Waals surface area contributed by atoms with Gasteiger partial charge in [-0.1, -0.05) is 56.0 Å². The lowest BCUT2D eigenvalue weighted by molar-refractivity contribution is 0.138. The Balaban J connectivity index is 2.00. The van der Waals surface area contributed by atoms with Gasteiger partial charge in [-0.3, -0.25) is 4.90 Å². The number of benzene rings is 1. The maximum absolute atomic E-state index is 3.38. The summed E-state index contributed by atoms with van der Waals surface area (Å²) in [6.45, 7) is 14.1. The lowest BCUT2D eigenvalue weighted by Crippen LogP contribution is -2.57. The van der Waals surface area contributed by atoms with Crippen LogP contribution in [0.15, 0.2) is 24.3 Å². The first-order valence-corrected chi connectivity index (χ1v) is 11.0. The van der Waals surface area contributed by atoms with E-state index in [0.717, 1.165) is 25.7 Å². The van der Waals surface area contributed by atoms with Crippen molar-refractivity contribution in [2.24, 2.45) is 0 Å². The molecule has 0 aliphatic carbocycles. The van der Waals surface area contributed by atoms with Gasteiger partial charge in [0.05, 0.1) is 8.07 Å². The number of hydrogen-bond acceptors (Lipinski definition) is 2. The first kappa shape index (κ1) is 14.8. The summed E-state index contributed by atoms with van der Waals surface area (Å²) in [5.41, 5.74) is 1.46. The molecule has 0 amide bonds. The van der Waals surface area contributed by atoms with Gasteiger partial charge < -0.3 is 5.32 Å². The molecule has 1 aromatic rings. The number of nitrogens with one attached hydrogen (secondary N) is 1. The second-order valence-corrected chi connectivity index (χ2v) is 11.8. The van der Waals surface area contributed by atoms with E-state index >= 15 is 0 Å². The van der Waals surface area contributed by atoms with Crippen LogP contribution in [-0.2, 0) is 6.54 Å². The molecule has 2 nitrogen and oxygen atoms in total. The summed E-state index contributed by atoms with van der Waals surface area (Å²) >= 11 is 0. The largest absolute Gasteiger partial charge is 0.314 e. The van der Waals surface area contributed by atoms with Gasteiger partial charge in [-0.15, -0.1) is 0 Å². The van der Waals surface area contributed by atoms with Gasteiger partial charge in [-0.25, -0.2) is 0 Å². The third-order valence-electron chi connectivity index (χ3n) is 3.99. The molecule has 0 saturated carbocycles. The van der Waals surface area contributed by atoms with Crippen molar-refractivity contribution in [1.29, 1.82) is 0 Å². The van der Waals surface area contributed by atoms with Crippen molar-refractivity contribution in [3.63, 3.8) is 0 Å². The molecule has 1 aliphatic rings. The van der Waals surface area contributed by atoms with Crippen LogP contribution in [0.4, 0.5) is 0 Å². The summed E-state index contributed by atoms with van der Waals surface area (Å²) in [5.74, 6) is 0. The van der Waals surface area contributed by atoms with E-state index in [-0.39, 0.29) is 0 Å². The van der Waals surface area contributed by atoms with E-state index in [1.807, 2.05) is 0 Å². The Kier molecular flexibility index (Phi) is 4.82. The Morgan fingerprint density at radius 1 is 1.16 bits per heavy atom. The van der Waals surface area contributed by atoms with Crippen molar-refractivity contribution in [1.82, 2.24) is 10.2 Å². The normalized spacial score (nSPS) is 16.7. The van der Waals surface area contributed by atoms with Crippen molar-refractivity contribution in [2.75, 3.05) is 19.6 Å². The highest BCUT2D eigenvalue weighted by Gasteiger charge is 2.24. The standard InChI is InChI=1S/C16H28N2Si/c1-5-10-18(15-11-17-12-15)13-14-6-8-16(9-7-14)19(2,3)4/h6-9,15,17H,5,10-13H2,1-4H3. The van der Waals surface area contributed by atoms with E-state index in [0.29, 0.717) is 0 Å². The summed E-state index contributed by atoms with van der Waals surface area (Å²) in [7, 11) is -1.15. The molecule has 0 bridgehead atoms. The molecular formula is C16H28N2Si. The topological polar surface area (TPSA) is 15.3 Å². The molecule has 1 heterocycles. The maximum Gasteiger partial charge on any atom is 0.0775 e. The molecule has 0 spiro atoms. The Hall–Kier alpha value is -0.643. The molecule has 0 aromatic heterocycles. The summed E-state index contributed by atoms with van der Waals surface area (Å²) in [6, 6.07) is 10.1. The molecule has 1 aromatic carbocycles. The highest BCUT2D eigenvalue weighted by molar-refractivity contribution is 6.88. The average Bonchev–Trinajstić information content (AvgIpc) is 2.26. The minimum absolute atomic E-state index is 0.747. The van der Waals surface area contributed by atoms with Crippen molar-refractivity contribution < 1.29 is 0 Å².